The van der Waals surface area contributed by atoms with Gasteiger partial charge in [-0.1, -0.05) is 37.3 Å². The Labute approximate surface area is 126 Å². The van der Waals surface area contributed by atoms with Crippen LogP contribution in [0.25, 0.3) is 0 Å². The first-order valence-corrected chi connectivity index (χ1v) is 7.27. The van der Waals surface area contributed by atoms with Crippen LogP contribution in [0.1, 0.15) is 29.7 Å². The Morgan fingerprint density at radius 3 is 2.33 bits per heavy atom. The van der Waals surface area contributed by atoms with E-state index < -0.39 is 0 Å². The van der Waals surface area contributed by atoms with Gasteiger partial charge in [-0.15, -0.1) is 0 Å². The average molecular weight is 287 g/mol. The van der Waals surface area contributed by atoms with Gasteiger partial charge in [-0.2, -0.15) is 0 Å². The summed E-state index contributed by atoms with van der Waals surface area (Å²) in [6.45, 7) is 2.13. The third kappa shape index (κ3) is 3.61. The van der Waals surface area contributed by atoms with Crippen molar-refractivity contribution in [2.24, 2.45) is 0 Å². The Morgan fingerprint density at radius 1 is 1.10 bits per heavy atom. The van der Waals surface area contributed by atoms with Crippen molar-refractivity contribution < 1.29 is 9.13 Å². The lowest BCUT2D eigenvalue weighted by Gasteiger charge is -2.20. The van der Waals surface area contributed by atoms with E-state index in [4.69, 9.17) is 4.74 Å². The van der Waals surface area contributed by atoms with Gasteiger partial charge in [0.05, 0.1) is 7.11 Å². The maximum Gasteiger partial charge on any atom is 0.131 e. The Balaban J connectivity index is 2.27. The minimum Gasteiger partial charge on any atom is -0.496 e. The molecular weight excluding hydrogens is 265 g/mol. The van der Waals surface area contributed by atoms with Crippen molar-refractivity contribution in [3.05, 3.63) is 65.0 Å². The molecular formula is C18H22FNO. The average Bonchev–Trinajstić information content (AvgIpc) is 2.53. The molecule has 21 heavy (non-hydrogen) atoms. The Hall–Kier alpha value is -1.87. The molecule has 2 aromatic rings. The van der Waals surface area contributed by atoms with Crippen LogP contribution in [-0.4, -0.2) is 14.2 Å². The number of methoxy groups -OCH3 is 1. The predicted molar refractivity (Wildman–Crippen MR) is 84.3 cm³/mol. The fraction of sp³-hybridized carbons (Fsp3) is 0.333. The minimum absolute atomic E-state index is 0.117. The predicted octanol–water partition coefficient (Wildman–Crippen LogP) is 3.90. The van der Waals surface area contributed by atoms with Crippen LogP contribution in [0, 0.1) is 5.82 Å². The number of likely N-dealkylation sites (N-methyl/N-ethyl adjacent to an activating group) is 1. The van der Waals surface area contributed by atoms with Crippen LogP contribution in [-0.2, 0) is 12.8 Å². The second-order valence-electron chi connectivity index (χ2n) is 5.07. The highest BCUT2D eigenvalue weighted by molar-refractivity contribution is 5.38. The summed E-state index contributed by atoms with van der Waals surface area (Å²) < 4.78 is 19.5. The maximum atomic E-state index is 14.2. The van der Waals surface area contributed by atoms with E-state index in [-0.39, 0.29) is 11.9 Å². The molecule has 0 amide bonds. The summed E-state index contributed by atoms with van der Waals surface area (Å²) in [7, 11) is 3.41. The number of hydrogen-bond acceptors (Lipinski definition) is 2. The van der Waals surface area contributed by atoms with Gasteiger partial charge in [0, 0.05) is 11.6 Å². The fourth-order valence-corrected chi connectivity index (χ4v) is 2.53. The number of rotatable bonds is 6. The van der Waals surface area contributed by atoms with Crippen molar-refractivity contribution in [3.8, 4) is 5.75 Å². The molecule has 0 saturated heterocycles. The molecule has 2 nitrogen and oxygen atoms in total. The number of ether oxygens (including phenoxy) is 1. The van der Waals surface area contributed by atoms with Gasteiger partial charge in [-0.05, 0) is 43.1 Å². The van der Waals surface area contributed by atoms with Crippen LogP contribution < -0.4 is 10.1 Å². The van der Waals surface area contributed by atoms with E-state index in [0.29, 0.717) is 11.3 Å². The Morgan fingerprint density at radius 2 is 1.76 bits per heavy atom. The lowest BCUT2D eigenvalue weighted by molar-refractivity contribution is 0.393. The molecule has 1 atom stereocenters. The molecule has 2 rings (SSSR count). The largest absolute Gasteiger partial charge is 0.496 e. The van der Waals surface area contributed by atoms with Gasteiger partial charge < -0.3 is 10.1 Å². The third-order valence-electron chi connectivity index (χ3n) is 3.80. The van der Waals surface area contributed by atoms with Crippen molar-refractivity contribution in [3.63, 3.8) is 0 Å². The number of halogens is 1. The van der Waals surface area contributed by atoms with Crippen LogP contribution in [0.15, 0.2) is 42.5 Å². The topological polar surface area (TPSA) is 21.3 Å². The van der Waals surface area contributed by atoms with Crippen LogP contribution in [0.2, 0.25) is 0 Å². The molecule has 112 valence electrons. The zero-order chi connectivity index (χ0) is 15.2. The summed E-state index contributed by atoms with van der Waals surface area (Å²) in [6.07, 6.45) is 1.74. The summed E-state index contributed by atoms with van der Waals surface area (Å²) in [5.74, 6) is 0.346. The highest BCUT2D eigenvalue weighted by Crippen LogP contribution is 2.30. The zero-order valence-corrected chi connectivity index (χ0v) is 12.8. The van der Waals surface area contributed by atoms with Crippen LogP contribution in [0.4, 0.5) is 4.39 Å². The lowest BCUT2D eigenvalue weighted by atomic mass is 9.97. The number of hydrogen-bond donors (Lipinski definition) is 1. The molecule has 0 aromatic heterocycles. The van der Waals surface area contributed by atoms with Crippen LogP contribution >= 0.6 is 0 Å². The van der Waals surface area contributed by atoms with E-state index in [1.165, 1.54) is 17.2 Å². The van der Waals surface area contributed by atoms with E-state index in [2.05, 4.69) is 36.5 Å². The molecule has 0 heterocycles. The van der Waals surface area contributed by atoms with E-state index in [0.717, 1.165) is 12.8 Å². The Kier molecular flexibility index (Phi) is 5.34. The van der Waals surface area contributed by atoms with Crippen molar-refractivity contribution >= 4 is 0 Å². The van der Waals surface area contributed by atoms with Gasteiger partial charge >= 0.3 is 0 Å². The highest BCUT2D eigenvalue weighted by Gasteiger charge is 2.19. The molecule has 1 unspecified atom stereocenters. The SMILES string of the molecule is CCc1ccc(CC(NC)c2c(F)cccc2OC)cc1. The normalized spacial score (nSPS) is 12.2. The monoisotopic (exact) mass is 287 g/mol. The summed E-state index contributed by atoms with van der Waals surface area (Å²) in [4.78, 5) is 0. The van der Waals surface area contributed by atoms with E-state index in [1.54, 1.807) is 19.2 Å². The molecule has 0 fully saturated rings. The molecule has 0 aliphatic carbocycles. The minimum atomic E-state index is -0.237. The summed E-state index contributed by atoms with van der Waals surface area (Å²) in [6, 6.07) is 13.3. The standard InChI is InChI=1S/C18H22FNO/c1-4-13-8-10-14(11-9-13)12-16(20-2)18-15(19)6-5-7-17(18)21-3/h5-11,16,20H,4,12H2,1-3H3. The van der Waals surface area contributed by atoms with Crippen molar-refractivity contribution in [2.45, 2.75) is 25.8 Å². The second kappa shape index (κ2) is 7.23. The van der Waals surface area contributed by atoms with Crippen molar-refractivity contribution in [1.82, 2.24) is 5.32 Å². The van der Waals surface area contributed by atoms with Gasteiger partial charge in [0.2, 0.25) is 0 Å². The summed E-state index contributed by atoms with van der Waals surface area (Å²) in [5.41, 5.74) is 3.07. The Bertz CT molecular complexity index is 580. The van der Waals surface area contributed by atoms with E-state index in [1.807, 2.05) is 7.05 Å². The molecule has 0 bridgehead atoms. The van der Waals surface area contributed by atoms with Gasteiger partial charge in [0.15, 0.2) is 0 Å². The molecule has 2 aromatic carbocycles. The molecule has 1 N–H and O–H groups in total. The third-order valence-corrected chi connectivity index (χ3v) is 3.80. The quantitative estimate of drug-likeness (QED) is 0.870. The summed E-state index contributed by atoms with van der Waals surface area (Å²) in [5, 5.41) is 3.19. The van der Waals surface area contributed by atoms with E-state index >= 15 is 0 Å². The number of aryl methyl sites for hydroxylation is 1. The smallest absolute Gasteiger partial charge is 0.131 e. The van der Waals surface area contributed by atoms with Crippen molar-refractivity contribution in [1.29, 1.82) is 0 Å². The lowest BCUT2D eigenvalue weighted by Crippen LogP contribution is -2.21. The molecule has 0 radical (unpaired) electrons. The summed E-state index contributed by atoms with van der Waals surface area (Å²) >= 11 is 0. The first-order valence-electron chi connectivity index (χ1n) is 7.27. The highest BCUT2D eigenvalue weighted by atomic mass is 19.1. The van der Waals surface area contributed by atoms with Crippen LogP contribution in [0.3, 0.4) is 0 Å². The first kappa shape index (κ1) is 15.5. The van der Waals surface area contributed by atoms with Gasteiger partial charge in [-0.3, -0.25) is 0 Å². The zero-order valence-electron chi connectivity index (χ0n) is 12.8. The molecule has 3 heteroatoms. The second-order valence-corrected chi connectivity index (χ2v) is 5.07. The molecule has 0 aliphatic rings. The number of benzene rings is 2. The molecule has 0 aliphatic heterocycles. The number of nitrogens with one attached hydrogen (secondary N) is 1. The van der Waals surface area contributed by atoms with E-state index in [9.17, 15) is 4.39 Å². The molecule has 0 spiro atoms. The molecule has 0 saturated carbocycles. The van der Waals surface area contributed by atoms with Gasteiger partial charge in [-0.25, -0.2) is 4.39 Å². The van der Waals surface area contributed by atoms with Crippen molar-refractivity contribution in [2.75, 3.05) is 14.2 Å². The fourth-order valence-electron chi connectivity index (χ4n) is 2.53. The maximum absolute atomic E-state index is 14.2. The van der Waals surface area contributed by atoms with Crippen LogP contribution in [0.5, 0.6) is 5.75 Å². The van der Waals surface area contributed by atoms with Gasteiger partial charge in [0.1, 0.15) is 11.6 Å². The first-order chi connectivity index (χ1) is 10.2. The van der Waals surface area contributed by atoms with Gasteiger partial charge in [0.25, 0.3) is 0 Å².